The smallest absolute Gasteiger partial charge is 0.433 e. The van der Waals surface area contributed by atoms with Crippen LogP contribution in [-0.4, -0.2) is 9.97 Å². The van der Waals surface area contributed by atoms with Crippen molar-refractivity contribution in [1.82, 2.24) is 9.97 Å². The molecule has 0 radical (unpaired) electrons. The van der Waals surface area contributed by atoms with Crippen molar-refractivity contribution in [3.8, 4) is 0 Å². The average molecular weight is 278 g/mol. The third kappa shape index (κ3) is 3.13. The number of rotatable bonds is 3. The molecule has 4 nitrogen and oxygen atoms in total. The fourth-order valence-corrected chi connectivity index (χ4v) is 1.43. The van der Waals surface area contributed by atoms with Crippen LogP contribution in [0.1, 0.15) is 11.5 Å². The molecule has 0 fully saturated rings. The lowest BCUT2D eigenvalue weighted by atomic mass is 10.3. The molecule has 0 bridgehead atoms. The lowest BCUT2D eigenvalue weighted by Gasteiger charge is -2.08. The summed E-state index contributed by atoms with van der Waals surface area (Å²) in [6, 6.07) is 4.14. The lowest BCUT2D eigenvalue weighted by molar-refractivity contribution is -0.141. The molecule has 2 aromatic heterocycles. The van der Waals surface area contributed by atoms with E-state index < -0.39 is 17.2 Å². The highest BCUT2D eigenvalue weighted by atomic mass is 35.5. The molecule has 8 heteroatoms. The van der Waals surface area contributed by atoms with Crippen molar-refractivity contribution >= 4 is 17.4 Å². The average Bonchev–Trinajstić information content (AvgIpc) is 2.77. The SMILES string of the molecule is FC(F)(F)c1cc(NCc2ccco2)nc(Cl)n1. The van der Waals surface area contributed by atoms with Crippen LogP contribution < -0.4 is 5.32 Å². The van der Waals surface area contributed by atoms with E-state index in [1.54, 1.807) is 12.1 Å². The number of aromatic nitrogens is 2. The van der Waals surface area contributed by atoms with Crippen molar-refractivity contribution in [2.45, 2.75) is 12.7 Å². The van der Waals surface area contributed by atoms with Gasteiger partial charge in [0.25, 0.3) is 0 Å². The minimum atomic E-state index is -4.56. The molecule has 2 rings (SSSR count). The monoisotopic (exact) mass is 277 g/mol. The van der Waals surface area contributed by atoms with Gasteiger partial charge < -0.3 is 9.73 Å². The topological polar surface area (TPSA) is 51.0 Å². The summed E-state index contributed by atoms with van der Waals surface area (Å²) in [5.74, 6) is 0.553. The van der Waals surface area contributed by atoms with Gasteiger partial charge in [-0.2, -0.15) is 13.2 Å². The van der Waals surface area contributed by atoms with Crippen LogP contribution in [-0.2, 0) is 12.7 Å². The van der Waals surface area contributed by atoms with Crippen molar-refractivity contribution < 1.29 is 17.6 Å². The molecule has 0 spiro atoms. The number of furan rings is 1. The Bertz CT molecular complexity index is 528. The van der Waals surface area contributed by atoms with Gasteiger partial charge in [0.2, 0.25) is 5.28 Å². The molecule has 2 aromatic rings. The Labute approximate surface area is 105 Å². The van der Waals surface area contributed by atoms with Crippen molar-refractivity contribution in [2.75, 3.05) is 5.32 Å². The van der Waals surface area contributed by atoms with Gasteiger partial charge in [-0.15, -0.1) is 0 Å². The predicted octanol–water partition coefficient (Wildman–Crippen LogP) is 3.35. The number of hydrogen-bond donors (Lipinski definition) is 1. The van der Waals surface area contributed by atoms with Crippen LogP contribution in [0.4, 0.5) is 19.0 Å². The second kappa shape index (κ2) is 4.85. The Hall–Kier alpha value is -1.76. The van der Waals surface area contributed by atoms with Gasteiger partial charge in [-0.1, -0.05) is 0 Å². The molecule has 0 atom stereocenters. The standard InChI is InChI=1S/C10H7ClF3N3O/c11-9-16-7(10(12,13)14)4-8(17-9)15-5-6-2-1-3-18-6/h1-4H,5H2,(H,15,16,17). The predicted molar refractivity (Wildman–Crippen MR) is 58.1 cm³/mol. The summed E-state index contributed by atoms with van der Waals surface area (Å²) < 4.78 is 42.4. The molecule has 0 saturated heterocycles. The molecule has 0 unspecified atom stereocenters. The van der Waals surface area contributed by atoms with Gasteiger partial charge in [0.05, 0.1) is 12.8 Å². The van der Waals surface area contributed by atoms with Crippen LogP contribution >= 0.6 is 11.6 Å². The van der Waals surface area contributed by atoms with E-state index in [0.717, 1.165) is 6.07 Å². The molecule has 0 aromatic carbocycles. The first-order valence-corrected chi connectivity index (χ1v) is 5.21. The quantitative estimate of drug-likeness (QED) is 0.874. The molecule has 0 aliphatic rings. The van der Waals surface area contributed by atoms with Crippen LogP contribution in [0.5, 0.6) is 0 Å². The number of nitrogens with zero attached hydrogens (tertiary/aromatic N) is 2. The van der Waals surface area contributed by atoms with Crippen LogP contribution in [0.3, 0.4) is 0 Å². The summed E-state index contributed by atoms with van der Waals surface area (Å²) in [5, 5.41) is 2.21. The van der Waals surface area contributed by atoms with Gasteiger partial charge >= 0.3 is 6.18 Å². The van der Waals surface area contributed by atoms with Crippen molar-refractivity contribution in [3.05, 3.63) is 41.2 Å². The summed E-state index contributed by atoms with van der Waals surface area (Å²) in [7, 11) is 0. The second-order valence-electron chi connectivity index (χ2n) is 3.34. The van der Waals surface area contributed by atoms with Crippen molar-refractivity contribution in [2.24, 2.45) is 0 Å². The highest BCUT2D eigenvalue weighted by Crippen LogP contribution is 2.29. The maximum absolute atomic E-state index is 12.5. The zero-order chi connectivity index (χ0) is 13.2. The lowest BCUT2D eigenvalue weighted by Crippen LogP contribution is -2.11. The van der Waals surface area contributed by atoms with E-state index in [-0.39, 0.29) is 12.4 Å². The molecular weight excluding hydrogens is 271 g/mol. The van der Waals surface area contributed by atoms with Gasteiger partial charge in [0.15, 0.2) is 5.69 Å². The fourth-order valence-electron chi connectivity index (χ4n) is 1.24. The Morgan fingerprint density at radius 1 is 1.33 bits per heavy atom. The van der Waals surface area contributed by atoms with Crippen LogP contribution in [0.25, 0.3) is 0 Å². The van der Waals surface area contributed by atoms with Crippen LogP contribution in [0, 0.1) is 0 Å². The Morgan fingerprint density at radius 2 is 2.11 bits per heavy atom. The molecule has 0 aliphatic heterocycles. The van der Waals surface area contributed by atoms with Crippen LogP contribution in [0.2, 0.25) is 5.28 Å². The summed E-state index contributed by atoms with van der Waals surface area (Å²) in [6.45, 7) is 0.206. The first-order valence-electron chi connectivity index (χ1n) is 4.83. The van der Waals surface area contributed by atoms with E-state index in [4.69, 9.17) is 16.0 Å². The zero-order valence-electron chi connectivity index (χ0n) is 8.83. The molecular formula is C10H7ClF3N3O. The molecule has 1 N–H and O–H groups in total. The van der Waals surface area contributed by atoms with Crippen molar-refractivity contribution in [3.63, 3.8) is 0 Å². The highest BCUT2D eigenvalue weighted by molar-refractivity contribution is 6.28. The maximum Gasteiger partial charge on any atom is 0.433 e. The Balaban J connectivity index is 2.15. The first-order chi connectivity index (χ1) is 8.45. The molecule has 0 aliphatic carbocycles. The highest BCUT2D eigenvalue weighted by Gasteiger charge is 2.33. The third-order valence-electron chi connectivity index (χ3n) is 2.01. The number of anilines is 1. The van der Waals surface area contributed by atoms with E-state index in [1.165, 1.54) is 6.26 Å². The minimum absolute atomic E-state index is 0.0151. The number of nitrogens with one attached hydrogen (secondary N) is 1. The van der Waals surface area contributed by atoms with E-state index in [0.29, 0.717) is 5.76 Å². The third-order valence-corrected chi connectivity index (χ3v) is 2.18. The van der Waals surface area contributed by atoms with Gasteiger partial charge in [-0.05, 0) is 23.7 Å². The van der Waals surface area contributed by atoms with E-state index in [1.807, 2.05) is 0 Å². The first kappa shape index (κ1) is 12.7. The Morgan fingerprint density at radius 3 is 2.72 bits per heavy atom. The van der Waals surface area contributed by atoms with Crippen molar-refractivity contribution in [1.29, 1.82) is 0 Å². The van der Waals surface area contributed by atoms with Gasteiger partial charge in [0.1, 0.15) is 11.6 Å². The molecule has 0 saturated carbocycles. The summed E-state index contributed by atoms with van der Waals surface area (Å²) in [4.78, 5) is 6.76. The van der Waals surface area contributed by atoms with Crippen LogP contribution in [0.15, 0.2) is 28.9 Å². The molecule has 96 valence electrons. The normalized spacial score (nSPS) is 11.6. The maximum atomic E-state index is 12.5. The Kier molecular flexibility index (Phi) is 3.42. The minimum Gasteiger partial charge on any atom is -0.467 e. The summed E-state index contributed by atoms with van der Waals surface area (Å²) in [6.07, 6.45) is -3.10. The molecule has 18 heavy (non-hydrogen) atoms. The number of alkyl halides is 3. The molecule has 2 heterocycles. The van der Waals surface area contributed by atoms with E-state index in [2.05, 4.69) is 15.3 Å². The van der Waals surface area contributed by atoms with E-state index in [9.17, 15) is 13.2 Å². The van der Waals surface area contributed by atoms with Gasteiger partial charge in [-0.25, -0.2) is 9.97 Å². The fraction of sp³-hybridized carbons (Fsp3) is 0.200. The largest absolute Gasteiger partial charge is 0.467 e. The van der Waals surface area contributed by atoms with Gasteiger partial charge in [-0.3, -0.25) is 0 Å². The summed E-state index contributed by atoms with van der Waals surface area (Å²) >= 11 is 5.43. The molecule has 0 amide bonds. The zero-order valence-corrected chi connectivity index (χ0v) is 9.59. The van der Waals surface area contributed by atoms with E-state index >= 15 is 0 Å². The van der Waals surface area contributed by atoms with Gasteiger partial charge in [0, 0.05) is 6.07 Å². The number of hydrogen-bond acceptors (Lipinski definition) is 4. The number of halogens is 4. The second-order valence-corrected chi connectivity index (χ2v) is 3.68. The summed E-state index contributed by atoms with van der Waals surface area (Å²) in [5.41, 5.74) is -1.09.